The Morgan fingerprint density at radius 2 is 1.95 bits per heavy atom. The fourth-order valence-corrected chi connectivity index (χ4v) is 3.08. The first-order valence-electron chi connectivity index (χ1n) is 7.30. The summed E-state index contributed by atoms with van der Waals surface area (Å²) >= 11 is 0. The van der Waals surface area contributed by atoms with Crippen molar-refractivity contribution >= 4 is 11.9 Å². The lowest BCUT2D eigenvalue weighted by atomic mass is 10.1. The third kappa shape index (κ3) is 2.49. The van der Waals surface area contributed by atoms with Crippen molar-refractivity contribution < 1.29 is 24.2 Å². The van der Waals surface area contributed by atoms with Gasteiger partial charge in [-0.1, -0.05) is 26.0 Å². The van der Waals surface area contributed by atoms with E-state index < -0.39 is 23.2 Å². The molecular weight excluding hydrogens is 286 g/mol. The largest absolute Gasteiger partial charge is 0.486 e. The molecule has 1 aliphatic heterocycles. The maximum atomic E-state index is 12.2. The highest BCUT2D eigenvalue weighted by Crippen LogP contribution is 2.58. The number of carbonyl (C=O) groups excluding carboxylic acids is 1. The second-order valence-electron chi connectivity index (χ2n) is 6.36. The first-order valence-corrected chi connectivity index (χ1v) is 7.30. The van der Waals surface area contributed by atoms with Crippen LogP contribution in [-0.4, -0.2) is 36.2 Å². The molecule has 6 heteroatoms. The Morgan fingerprint density at radius 1 is 1.27 bits per heavy atom. The number of nitrogens with one attached hydrogen (secondary N) is 1. The Bertz CT molecular complexity index is 612. The minimum Gasteiger partial charge on any atom is -0.486 e. The molecule has 1 fully saturated rings. The van der Waals surface area contributed by atoms with Gasteiger partial charge in [-0.05, 0) is 17.5 Å². The lowest BCUT2D eigenvalue weighted by Gasteiger charge is -2.26. The van der Waals surface area contributed by atoms with Gasteiger partial charge in [0.15, 0.2) is 11.5 Å². The van der Waals surface area contributed by atoms with E-state index in [9.17, 15) is 9.59 Å². The van der Waals surface area contributed by atoms with Gasteiger partial charge in [-0.15, -0.1) is 0 Å². The van der Waals surface area contributed by atoms with Crippen LogP contribution in [-0.2, 0) is 9.59 Å². The number of carboxylic acids is 1. The fourth-order valence-electron chi connectivity index (χ4n) is 3.08. The lowest BCUT2D eigenvalue weighted by Crippen LogP contribution is -2.41. The molecule has 0 saturated heterocycles. The Kier molecular flexibility index (Phi) is 3.47. The smallest absolute Gasteiger partial charge is 0.307 e. The molecule has 3 rings (SSSR count). The molecule has 118 valence electrons. The van der Waals surface area contributed by atoms with Crippen molar-refractivity contribution in [1.82, 2.24) is 5.32 Å². The number of ether oxygens (including phenoxy) is 2. The summed E-state index contributed by atoms with van der Waals surface area (Å²) in [5, 5.41) is 11.9. The number of aliphatic carboxylic acids is 1. The summed E-state index contributed by atoms with van der Waals surface area (Å²) in [6.07, 6.45) is -0.274. The molecule has 2 aliphatic rings. The Hall–Kier alpha value is -2.24. The maximum Gasteiger partial charge on any atom is 0.307 e. The van der Waals surface area contributed by atoms with Crippen LogP contribution < -0.4 is 14.8 Å². The van der Waals surface area contributed by atoms with Gasteiger partial charge in [0.2, 0.25) is 5.91 Å². The molecule has 1 aromatic rings. The molecule has 22 heavy (non-hydrogen) atoms. The van der Waals surface area contributed by atoms with Gasteiger partial charge in [-0.3, -0.25) is 9.59 Å². The number of fused-ring (bicyclic) bond motifs is 1. The van der Waals surface area contributed by atoms with Crippen molar-refractivity contribution in [3.05, 3.63) is 24.3 Å². The van der Waals surface area contributed by atoms with E-state index in [1.54, 1.807) is 13.8 Å². The number of carbonyl (C=O) groups is 2. The Labute approximate surface area is 128 Å². The van der Waals surface area contributed by atoms with Gasteiger partial charge >= 0.3 is 5.97 Å². The van der Waals surface area contributed by atoms with Crippen LogP contribution >= 0.6 is 0 Å². The van der Waals surface area contributed by atoms with E-state index in [2.05, 4.69) is 5.32 Å². The molecule has 1 amide bonds. The molecule has 0 spiro atoms. The van der Waals surface area contributed by atoms with Crippen LogP contribution in [0.25, 0.3) is 0 Å². The summed E-state index contributed by atoms with van der Waals surface area (Å²) in [6.45, 7) is 4.25. The van der Waals surface area contributed by atoms with E-state index in [0.29, 0.717) is 24.7 Å². The quantitative estimate of drug-likeness (QED) is 0.876. The highest BCUT2D eigenvalue weighted by Gasteiger charge is 2.65. The molecule has 2 N–H and O–H groups in total. The number of hydrogen-bond donors (Lipinski definition) is 2. The van der Waals surface area contributed by atoms with Gasteiger partial charge in [0.1, 0.15) is 12.7 Å². The SMILES string of the molecule is CC1(C)[C@H](C(=O)NC[C@@H]2COc3ccccc3O2)[C@@H]1C(=O)O. The molecule has 0 radical (unpaired) electrons. The van der Waals surface area contributed by atoms with Crippen LogP contribution in [0.2, 0.25) is 0 Å². The van der Waals surface area contributed by atoms with Crippen molar-refractivity contribution in [3.63, 3.8) is 0 Å². The zero-order valence-corrected chi connectivity index (χ0v) is 12.5. The Balaban J connectivity index is 1.54. The topological polar surface area (TPSA) is 84.9 Å². The molecule has 1 heterocycles. The van der Waals surface area contributed by atoms with E-state index in [4.69, 9.17) is 14.6 Å². The standard InChI is InChI=1S/C16H19NO5/c1-16(2)12(13(16)15(19)20)14(18)17-7-9-8-21-10-5-3-4-6-11(10)22-9/h3-6,9,12-13H,7-8H2,1-2H3,(H,17,18)(H,19,20)/t9-,12+,13-/m1/s1. The zero-order chi connectivity index (χ0) is 15.9. The second-order valence-corrected chi connectivity index (χ2v) is 6.36. The van der Waals surface area contributed by atoms with Crippen LogP contribution in [0.15, 0.2) is 24.3 Å². The van der Waals surface area contributed by atoms with E-state index in [-0.39, 0.29) is 12.0 Å². The van der Waals surface area contributed by atoms with Gasteiger partial charge in [-0.2, -0.15) is 0 Å². The molecule has 1 aromatic carbocycles. The van der Waals surface area contributed by atoms with Crippen molar-refractivity contribution in [2.45, 2.75) is 20.0 Å². The van der Waals surface area contributed by atoms with Gasteiger partial charge in [0, 0.05) is 0 Å². The number of hydrogen-bond acceptors (Lipinski definition) is 4. The van der Waals surface area contributed by atoms with Crippen molar-refractivity contribution in [2.24, 2.45) is 17.3 Å². The highest BCUT2D eigenvalue weighted by atomic mass is 16.6. The van der Waals surface area contributed by atoms with Gasteiger partial charge in [0.05, 0.1) is 18.4 Å². The molecule has 6 nitrogen and oxygen atoms in total. The lowest BCUT2D eigenvalue weighted by molar-refractivity contribution is -0.140. The molecule has 1 aliphatic carbocycles. The van der Waals surface area contributed by atoms with Crippen molar-refractivity contribution in [2.75, 3.05) is 13.2 Å². The van der Waals surface area contributed by atoms with Crippen LogP contribution in [0.5, 0.6) is 11.5 Å². The molecular formula is C16H19NO5. The summed E-state index contributed by atoms with van der Waals surface area (Å²) in [5.41, 5.74) is -0.494. The van der Waals surface area contributed by atoms with Gasteiger partial charge in [0.25, 0.3) is 0 Å². The summed E-state index contributed by atoms with van der Waals surface area (Å²) in [4.78, 5) is 23.3. The number of amides is 1. The van der Waals surface area contributed by atoms with E-state index >= 15 is 0 Å². The molecule has 0 aromatic heterocycles. The number of rotatable bonds is 4. The summed E-state index contributed by atoms with van der Waals surface area (Å²) < 4.78 is 11.3. The van der Waals surface area contributed by atoms with Crippen LogP contribution in [0, 0.1) is 17.3 Å². The third-order valence-corrected chi connectivity index (χ3v) is 4.45. The highest BCUT2D eigenvalue weighted by molar-refractivity contribution is 5.91. The van der Waals surface area contributed by atoms with Crippen LogP contribution in [0.4, 0.5) is 0 Å². The van der Waals surface area contributed by atoms with Crippen molar-refractivity contribution in [3.8, 4) is 11.5 Å². The average Bonchev–Trinajstić information content (AvgIpc) is 3.07. The normalized spacial score (nSPS) is 27.8. The van der Waals surface area contributed by atoms with E-state index in [1.165, 1.54) is 0 Å². The molecule has 1 saturated carbocycles. The van der Waals surface area contributed by atoms with E-state index in [0.717, 1.165) is 0 Å². The predicted octanol–water partition coefficient (Wildman–Crippen LogP) is 1.30. The fraction of sp³-hybridized carbons (Fsp3) is 0.500. The first kappa shape index (κ1) is 14.7. The monoisotopic (exact) mass is 305 g/mol. The molecule has 0 unspecified atom stereocenters. The average molecular weight is 305 g/mol. The Morgan fingerprint density at radius 3 is 2.59 bits per heavy atom. The minimum absolute atomic E-state index is 0.236. The van der Waals surface area contributed by atoms with Crippen LogP contribution in [0.3, 0.4) is 0 Å². The van der Waals surface area contributed by atoms with Crippen molar-refractivity contribution in [1.29, 1.82) is 0 Å². The van der Waals surface area contributed by atoms with Crippen LogP contribution in [0.1, 0.15) is 13.8 Å². The minimum atomic E-state index is -0.920. The zero-order valence-electron chi connectivity index (χ0n) is 12.5. The number of carboxylic acid groups (broad SMARTS) is 1. The number of benzene rings is 1. The summed E-state index contributed by atoms with van der Waals surface area (Å²) in [5.74, 6) is -0.905. The molecule has 0 bridgehead atoms. The third-order valence-electron chi connectivity index (χ3n) is 4.45. The second kappa shape index (κ2) is 5.19. The predicted molar refractivity (Wildman–Crippen MR) is 77.8 cm³/mol. The van der Waals surface area contributed by atoms with Gasteiger partial charge in [-0.25, -0.2) is 0 Å². The summed E-state index contributed by atoms with van der Waals surface area (Å²) in [7, 11) is 0. The van der Waals surface area contributed by atoms with Gasteiger partial charge < -0.3 is 19.9 Å². The first-order chi connectivity index (χ1) is 10.4. The van der Waals surface area contributed by atoms with E-state index in [1.807, 2.05) is 24.3 Å². The maximum absolute atomic E-state index is 12.2. The summed E-state index contributed by atoms with van der Waals surface area (Å²) in [6, 6.07) is 7.36. The number of para-hydroxylation sites is 2. The molecule has 3 atom stereocenters.